The second-order valence-corrected chi connectivity index (χ2v) is 9.07. The van der Waals surface area contributed by atoms with Crippen LogP contribution in [0.25, 0.3) is 0 Å². The van der Waals surface area contributed by atoms with Crippen LogP contribution in [0.15, 0.2) is 34.1 Å². The number of sulfone groups is 1. The summed E-state index contributed by atoms with van der Waals surface area (Å²) in [4.78, 5) is 1.66. The fourth-order valence-electron chi connectivity index (χ4n) is 1.94. The molecule has 0 saturated carbocycles. The molecule has 0 amide bonds. The van der Waals surface area contributed by atoms with E-state index in [1.807, 2.05) is 11.9 Å². The van der Waals surface area contributed by atoms with Gasteiger partial charge in [0.05, 0.1) is 4.90 Å². The highest BCUT2D eigenvalue weighted by molar-refractivity contribution is 7.93. The number of sulfonamides is 1. The summed E-state index contributed by atoms with van der Waals surface area (Å²) in [7, 11) is -5.54. The van der Waals surface area contributed by atoms with Gasteiger partial charge in [-0.2, -0.15) is 0 Å². The zero-order valence-electron chi connectivity index (χ0n) is 13.4. The SMILES string of the molecule is CCC(C)N(C)CCNS(=O)(=O)c1ccccc1S(C)(=O)=O. The predicted molar refractivity (Wildman–Crippen MR) is 87.1 cm³/mol. The van der Waals surface area contributed by atoms with Crippen molar-refractivity contribution in [2.24, 2.45) is 0 Å². The van der Waals surface area contributed by atoms with E-state index >= 15 is 0 Å². The Morgan fingerprint density at radius 3 is 2.18 bits per heavy atom. The number of nitrogens with zero attached hydrogens (tertiary/aromatic N) is 1. The molecular formula is C14H24N2O4S2. The van der Waals surface area contributed by atoms with E-state index in [-0.39, 0.29) is 16.3 Å². The van der Waals surface area contributed by atoms with Gasteiger partial charge in [0.1, 0.15) is 4.90 Å². The Bertz CT molecular complexity index is 699. The first-order valence-corrected chi connectivity index (χ1v) is 10.5. The van der Waals surface area contributed by atoms with Gasteiger partial charge in [-0.25, -0.2) is 21.6 Å². The zero-order valence-corrected chi connectivity index (χ0v) is 15.0. The van der Waals surface area contributed by atoms with Crippen LogP contribution >= 0.6 is 0 Å². The molecule has 22 heavy (non-hydrogen) atoms. The second-order valence-electron chi connectivity index (χ2n) is 5.35. The van der Waals surface area contributed by atoms with Gasteiger partial charge in [0.2, 0.25) is 10.0 Å². The summed E-state index contributed by atoms with van der Waals surface area (Å²) < 4.78 is 50.5. The summed E-state index contributed by atoms with van der Waals surface area (Å²) in [5.41, 5.74) is 0. The topological polar surface area (TPSA) is 83.6 Å². The third kappa shape index (κ3) is 5.05. The molecule has 0 aliphatic heterocycles. The van der Waals surface area contributed by atoms with Gasteiger partial charge < -0.3 is 4.90 Å². The van der Waals surface area contributed by atoms with Crippen LogP contribution in [-0.2, 0) is 19.9 Å². The van der Waals surface area contributed by atoms with E-state index in [1.165, 1.54) is 24.3 Å². The molecule has 1 aromatic rings. The average molecular weight is 348 g/mol. The third-order valence-corrected chi connectivity index (χ3v) is 6.44. The van der Waals surface area contributed by atoms with Gasteiger partial charge in [-0.15, -0.1) is 0 Å². The van der Waals surface area contributed by atoms with E-state index in [0.717, 1.165) is 12.7 Å². The van der Waals surface area contributed by atoms with Crippen LogP contribution in [0.5, 0.6) is 0 Å². The Morgan fingerprint density at radius 1 is 1.14 bits per heavy atom. The molecule has 0 aliphatic carbocycles. The summed E-state index contributed by atoms with van der Waals surface area (Å²) >= 11 is 0. The number of rotatable bonds is 8. The molecule has 6 nitrogen and oxygen atoms in total. The van der Waals surface area contributed by atoms with E-state index in [1.54, 1.807) is 0 Å². The summed E-state index contributed by atoms with van der Waals surface area (Å²) in [6.45, 7) is 4.90. The first-order chi connectivity index (χ1) is 10.1. The Labute approximate surface area is 133 Å². The van der Waals surface area contributed by atoms with Gasteiger partial charge in [0, 0.05) is 25.4 Å². The van der Waals surface area contributed by atoms with Crippen LogP contribution in [0, 0.1) is 0 Å². The van der Waals surface area contributed by atoms with Crippen molar-refractivity contribution < 1.29 is 16.8 Å². The predicted octanol–water partition coefficient (Wildman–Crippen LogP) is 1.10. The van der Waals surface area contributed by atoms with Gasteiger partial charge in [-0.3, -0.25) is 0 Å². The first kappa shape index (κ1) is 19.1. The molecule has 0 heterocycles. The van der Waals surface area contributed by atoms with Crippen LogP contribution < -0.4 is 4.72 Å². The van der Waals surface area contributed by atoms with Crippen molar-refractivity contribution in [3.8, 4) is 0 Å². The number of likely N-dealkylation sites (N-methyl/N-ethyl adjacent to an activating group) is 1. The highest BCUT2D eigenvalue weighted by Gasteiger charge is 2.23. The lowest BCUT2D eigenvalue weighted by atomic mass is 10.2. The molecule has 0 aromatic heterocycles. The normalized spacial score (nSPS) is 14.2. The maximum absolute atomic E-state index is 12.3. The molecule has 1 atom stereocenters. The van der Waals surface area contributed by atoms with Gasteiger partial charge >= 0.3 is 0 Å². The van der Waals surface area contributed by atoms with Gasteiger partial charge in [-0.05, 0) is 32.5 Å². The molecule has 0 radical (unpaired) electrons. The lowest BCUT2D eigenvalue weighted by Crippen LogP contribution is -2.37. The first-order valence-electron chi connectivity index (χ1n) is 7.08. The van der Waals surface area contributed by atoms with Crippen LogP contribution in [0.3, 0.4) is 0 Å². The molecule has 126 valence electrons. The van der Waals surface area contributed by atoms with Crippen molar-refractivity contribution in [3.05, 3.63) is 24.3 Å². The van der Waals surface area contributed by atoms with Crippen molar-refractivity contribution in [2.45, 2.75) is 36.1 Å². The van der Waals surface area contributed by atoms with Crippen molar-refractivity contribution in [2.75, 3.05) is 26.4 Å². The lowest BCUT2D eigenvalue weighted by molar-refractivity contribution is 0.256. The summed E-state index contributed by atoms with van der Waals surface area (Å²) in [5, 5.41) is 0. The van der Waals surface area contributed by atoms with Crippen molar-refractivity contribution in [3.63, 3.8) is 0 Å². The molecule has 8 heteroatoms. The number of hydrogen-bond donors (Lipinski definition) is 1. The summed E-state index contributed by atoms with van der Waals surface area (Å²) in [6.07, 6.45) is 1.97. The maximum Gasteiger partial charge on any atom is 0.241 e. The van der Waals surface area contributed by atoms with Crippen LogP contribution in [0.4, 0.5) is 0 Å². The van der Waals surface area contributed by atoms with Gasteiger partial charge in [-0.1, -0.05) is 19.1 Å². The molecule has 0 aliphatic rings. The monoisotopic (exact) mass is 348 g/mol. The number of nitrogens with one attached hydrogen (secondary N) is 1. The molecule has 1 N–H and O–H groups in total. The minimum absolute atomic E-state index is 0.183. The van der Waals surface area contributed by atoms with Crippen LogP contribution in [-0.4, -0.2) is 54.2 Å². The fourth-order valence-corrected chi connectivity index (χ4v) is 4.59. The minimum atomic E-state index is -3.86. The Balaban J connectivity index is 2.89. The largest absolute Gasteiger partial charge is 0.302 e. The number of hydrogen-bond acceptors (Lipinski definition) is 5. The molecule has 0 saturated heterocycles. The summed E-state index contributed by atoms with van der Waals surface area (Å²) in [5.74, 6) is 0. The van der Waals surface area contributed by atoms with E-state index < -0.39 is 19.9 Å². The molecule has 1 unspecified atom stereocenters. The molecule has 1 aromatic carbocycles. The highest BCUT2D eigenvalue weighted by atomic mass is 32.2. The third-order valence-electron chi connectivity index (χ3n) is 3.64. The van der Waals surface area contributed by atoms with Crippen molar-refractivity contribution in [1.29, 1.82) is 0 Å². The van der Waals surface area contributed by atoms with Crippen molar-refractivity contribution >= 4 is 19.9 Å². The Hall–Kier alpha value is -0.960. The van der Waals surface area contributed by atoms with E-state index in [4.69, 9.17) is 0 Å². The fraction of sp³-hybridized carbons (Fsp3) is 0.571. The molecule has 0 fully saturated rings. The zero-order chi connectivity index (χ0) is 17.0. The maximum atomic E-state index is 12.3. The smallest absolute Gasteiger partial charge is 0.241 e. The van der Waals surface area contributed by atoms with Gasteiger partial charge in [0.15, 0.2) is 9.84 Å². The Morgan fingerprint density at radius 2 is 1.68 bits per heavy atom. The number of benzene rings is 1. The molecule has 0 spiro atoms. The Kier molecular flexibility index (Phi) is 6.54. The average Bonchev–Trinajstić information content (AvgIpc) is 2.45. The highest BCUT2D eigenvalue weighted by Crippen LogP contribution is 2.20. The van der Waals surface area contributed by atoms with E-state index in [0.29, 0.717) is 12.6 Å². The quantitative estimate of drug-likeness (QED) is 0.760. The summed E-state index contributed by atoms with van der Waals surface area (Å²) in [6, 6.07) is 5.97. The molecule has 0 bridgehead atoms. The van der Waals surface area contributed by atoms with Crippen molar-refractivity contribution in [1.82, 2.24) is 9.62 Å². The standard InChI is InChI=1S/C14H24N2O4S2/c1-5-12(2)16(3)11-10-15-22(19,20)14-9-7-6-8-13(14)21(4,17)18/h6-9,12,15H,5,10-11H2,1-4H3. The molecular weight excluding hydrogens is 324 g/mol. The van der Waals surface area contributed by atoms with Gasteiger partial charge in [0.25, 0.3) is 0 Å². The van der Waals surface area contributed by atoms with E-state index in [9.17, 15) is 16.8 Å². The second kappa shape index (κ2) is 7.54. The lowest BCUT2D eigenvalue weighted by Gasteiger charge is -2.23. The van der Waals surface area contributed by atoms with Crippen LogP contribution in [0.2, 0.25) is 0 Å². The van der Waals surface area contributed by atoms with E-state index in [2.05, 4.69) is 18.6 Å². The van der Waals surface area contributed by atoms with Crippen LogP contribution in [0.1, 0.15) is 20.3 Å². The molecule has 1 rings (SSSR count). The minimum Gasteiger partial charge on any atom is -0.302 e.